The molecule has 11 heteroatoms. The molecular weight excluding hydrogens is 425 g/mol. The summed E-state index contributed by atoms with van der Waals surface area (Å²) in [5.74, 6) is 0.0142. The number of hydrogen-bond donors (Lipinski definition) is 1. The molecule has 0 unspecified atom stereocenters. The van der Waals surface area contributed by atoms with Crippen LogP contribution in [-0.2, 0) is 17.4 Å². The predicted octanol–water partition coefficient (Wildman–Crippen LogP) is 3.76. The van der Waals surface area contributed by atoms with Crippen LogP contribution in [0.5, 0.6) is 5.75 Å². The van der Waals surface area contributed by atoms with Crippen molar-refractivity contribution in [1.82, 2.24) is 14.4 Å². The Morgan fingerprint density at radius 2 is 2.20 bits per heavy atom. The molecule has 0 saturated carbocycles. The third-order valence-corrected chi connectivity index (χ3v) is 4.52. The van der Waals surface area contributed by atoms with Crippen molar-refractivity contribution in [2.24, 2.45) is 0 Å². The Kier molecular flexibility index (Phi) is 4.69. The van der Waals surface area contributed by atoms with Crippen LogP contribution in [0.1, 0.15) is 10.6 Å². The molecule has 0 radical (unpaired) electrons. The second-order valence-corrected chi connectivity index (χ2v) is 6.89. The first-order valence-electron chi connectivity index (χ1n) is 6.80. The molecule has 0 saturated heterocycles. The van der Waals surface area contributed by atoms with Crippen LogP contribution < -0.4 is 10.1 Å². The fraction of sp³-hybridized carbons (Fsp3) is 0.214. The summed E-state index contributed by atoms with van der Waals surface area (Å²) in [5, 5.41) is 2.24. The molecule has 0 aliphatic carbocycles. The van der Waals surface area contributed by atoms with E-state index in [1.54, 1.807) is 22.9 Å². The van der Waals surface area contributed by atoms with Gasteiger partial charge in [0.2, 0.25) is 5.91 Å². The van der Waals surface area contributed by atoms with Crippen LogP contribution in [0, 0.1) is 0 Å². The molecular formula is C14H10BrF3N4O2S. The minimum atomic E-state index is -4.48. The van der Waals surface area contributed by atoms with Gasteiger partial charge in [0.25, 0.3) is 0 Å². The number of anilines is 1. The van der Waals surface area contributed by atoms with Crippen LogP contribution in [-0.4, -0.2) is 27.4 Å². The number of nitrogens with one attached hydrogen (secondary N) is 1. The summed E-state index contributed by atoms with van der Waals surface area (Å²) in [6.07, 6.45) is -0.503. The maximum Gasteiger partial charge on any atom is 0.427 e. The standard InChI is InChI=1S/C14H10BrF3N4O2S/c1-24-9-2-7(15)5-22-6-8(20-12(9)22)3-11(23)21-13-19-4-10(25-13)14(16,17)18/h2,4-6H,3H2,1H3,(H,19,21,23). The largest absolute Gasteiger partial charge is 0.493 e. The van der Waals surface area contributed by atoms with E-state index in [0.717, 1.165) is 4.47 Å². The summed E-state index contributed by atoms with van der Waals surface area (Å²) in [6.45, 7) is 0. The fourth-order valence-corrected chi connectivity index (χ4v) is 3.24. The molecule has 132 valence electrons. The number of amides is 1. The van der Waals surface area contributed by atoms with Gasteiger partial charge in [0, 0.05) is 16.9 Å². The van der Waals surface area contributed by atoms with Crippen LogP contribution in [0.15, 0.2) is 29.1 Å². The number of carbonyl (C=O) groups excluding carboxylic acids is 1. The van der Waals surface area contributed by atoms with E-state index in [4.69, 9.17) is 4.74 Å². The number of nitrogens with zero attached hydrogens (tertiary/aromatic N) is 3. The lowest BCUT2D eigenvalue weighted by atomic mass is 10.3. The van der Waals surface area contributed by atoms with Gasteiger partial charge in [0.05, 0.1) is 25.4 Å². The van der Waals surface area contributed by atoms with Gasteiger partial charge in [0.15, 0.2) is 16.5 Å². The highest BCUT2D eigenvalue weighted by Crippen LogP contribution is 2.35. The molecule has 0 fully saturated rings. The van der Waals surface area contributed by atoms with Crippen LogP contribution in [0.25, 0.3) is 5.65 Å². The van der Waals surface area contributed by atoms with Gasteiger partial charge < -0.3 is 14.5 Å². The third kappa shape index (κ3) is 3.93. The van der Waals surface area contributed by atoms with Crippen molar-refractivity contribution in [3.05, 3.63) is 39.7 Å². The van der Waals surface area contributed by atoms with E-state index >= 15 is 0 Å². The Morgan fingerprint density at radius 3 is 2.84 bits per heavy atom. The molecule has 1 amide bonds. The molecule has 6 nitrogen and oxygen atoms in total. The van der Waals surface area contributed by atoms with Crippen molar-refractivity contribution >= 4 is 44.0 Å². The number of halogens is 4. The molecule has 1 N–H and O–H groups in total. The van der Waals surface area contributed by atoms with Gasteiger partial charge in [-0.2, -0.15) is 13.2 Å². The molecule has 3 rings (SSSR count). The highest BCUT2D eigenvalue weighted by Gasteiger charge is 2.33. The number of pyridine rings is 1. The summed E-state index contributed by atoms with van der Waals surface area (Å²) in [7, 11) is 1.50. The average Bonchev–Trinajstić information content (AvgIpc) is 3.12. The monoisotopic (exact) mass is 434 g/mol. The summed E-state index contributed by atoms with van der Waals surface area (Å²) in [4.78, 5) is 19.0. The number of ether oxygens (including phenoxy) is 1. The van der Waals surface area contributed by atoms with Crippen molar-refractivity contribution in [1.29, 1.82) is 0 Å². The highest BCUT2D eigenvalue weighted by molar-refractivity contribution is 9.10. The first kappa shape index (κ1) is 17.7. The highest BCUT2D eigenvalue weighted by atomic mass is 79.9. The molecule has 0 bridgehead atoms. The van der Waals surface area contributed by atoms with Gasteiger partial charge in [-0.05, 0) is 22.0 Å². The van der Waals surface area contributed by atoms with E-state index in [-0.39, 0.29) is 11.6 Å². The van der Waals surface area contributed by atoms with Crippen LogP contribution in [0.4, 0.5) is 18.3 Å². The van der Waals surface area contributed by atoms with Crippen LogP contribution in [0.3, 0.4) is 0 Å². The molecule has 25 heavy (non-hydrogen) atoms. The number of rotatable bonds is 4. The number of carbonyl (C=O) groups is 1. The average molecular weight is 435 g/mol. The van der Waals surface area contributed by atoms with Gasteiger partial charge in [-0.1, -0.05) is 11.3 Å². The second kappa shape index (κ2) is 6.64. The van der Waals surface area contributed by atoms with Gasteiger partial charge >= 0.3 is 6.18 Å². The molecule has 0 aromatic carbocycles. The predicted molar refractivity (Wildman–Crippen MR) is 88.9 cm³/mol. The van der Waals surface area contributed by atoms with Gasteiger partial charge in [0.1, 0.15) is 4.88 Å². The van der Waals surface area contributed by atoms with E-state index in [1.807, 2.05) is 0 Å². The van der Waals surface area contributed by atoms with Crippen molar-refractivity contribution < 1.29 is 22.7 Å². The lowest BCUT2D eigenvalue weighted by Crippen LogP contribution is -2.14. The number of fused-ring (bicyclic) bond motifs is 1. The summed E-state index contributed by atoms with van der Waals surface area (Å²) < 4.78 is 45.3. The van der Waals surface area contributed by atoms with Crippen molar-refractivity contribution in [3.8, 4) is 5.75 Å². The van der Waals surface area contributed by atoms with E-state index in [2.05, 4.69) is 31.2 Å². The quantitative estimate of drug-likeness (QED) is 0.678. The Bertz CT molecular complexity index is 938. The van der Waals surface area contributed by atoms with E-state index in [9.17, 15) is 18.0 Å². The van der Waals surface area contributed by atoms with Crippen LogP contribution >= 0.6 is 27.3 Å². The molecule has 0 aliphatic heterocycles. The summed E-state index contributed by atoms with van der Waals surface area (Å²) >= 11 is 3.71. The smallest absolute Gasteiger partial charge is 0.427 e. The molecule has 3 aromatic heterocycles. The number of imidazole rings is 1. The molecule has 3 aromatic rings. The number of aromatic nitrogens is 3. The Hall–Kier alpha value is -2.14. The zero-order valence-corrected chi connectivity index (χ0v) is 15.0. The zero-order valence-electron chi connectivity index (χ0n) is 12.6. The number of alkyl halides is 3. The number of thiazole rings is 1. The first-order valence-corrected chi connectivity index (χ1v) is 8.41. The van der Waals surface area contributed by atoms with E-state index in [1.165, 1.54) is 7.11 Å². The molecule has 0 aliphatic rings. The molecule has 0 spiro atoms. The summed E-state index contributed by atoms with van der Waals surface area (Å²) in [6, 6.07) is 1.74. The van der Waals surface area contributed by atoms with Crippen LogP contribution in [0.2, 0.25) is 0 Å². The SMILES string of the molecule is COc1cc(Br)cn2cc(CC(=O)Nc3ncc(C(F)(F)F)s3)nc12. The van der Waals surface area contributed by atoms with Gasteiger partial charge in [-0.3, -0.25) is 4.79 Å². The molecule has 3 heterocycles. The Morgan fingerprint density at radius 1 is 1.44 bits per heavy atom. The van der Waals surface area contributed by atoms with Crippen molar-refractivity contribution in [2.75, 3.05) is 12.4 Å². The van der Waals surface area contributed by atoms with E-state index < -0.39 is 17.0 Å². The van der Waals surface area contributed by atoms with Gasteiger partial charge in [-0.15, -0.1) is 0 Å². The van der Waals surface area contributed by atoms with Crippen molar-refractivity contribution in [2.45, 2.75) is 12.6 Å². The maximum atomic E-state index is 12.5. The fourth-order valence-electron chi connectivity index (χ4n) is 2.11. The minimum absolute atomic E-state index is 0.108. The maximum absolute atomic E-state index is 12.5. The second-order valence-electron chi connectivity index (χ2n) is 4.94. The zero-order chi connectivity index (χ0) is 18.2. The lowest BCUT2D eigenvalue weighted by molar-refractivity contribution is -0.134. The first-order chi connectivity index (χ1) is 11.8. The number of methoxy groups -OCH3 is 1. The van der Waals surface area contributed by atoms with Gasteiger partial charge in [-0.25, -0.2) is 9.97 Å². The Balaban J connectivity index is 1.75. The number of hydrogen-bond acceptors (Lipinski definition) is 5. The topological polar surface area (TPSA) is 68.5 Å². The molecule has 0 atom stereocenters. The Labute approximate surface area is 151 Å². The van der Waals surface area contributed by atoms with E-state index in [0.29, 0.717) is 34.6 Å². The van der Waals surface area contributed by atoms with Crippen molar-refractivity contribution in [3.63, 3.8) is 0 Å². The lowest BCUT2D eigenvalue weighted by Gasteiger charge is -2.02. The minimum Gasteiger partial charge on any atom is -0.493 e. The third-order valence-electron chi connectivity index (χ3n) is 3.13. The normalized spacial score (nSPS) is 11.7. The summed E-state index contributed by atoms with van der Waals surface area (Å²) in [5.41, 5.74) is 0.976.